The Hall–Kier alpha value is -1.76. The largest absolute Gasteiger partial charge is 0.341 e. The molecule has 1 heteroatoms. The first kappa shape index (κ1) is 10.4. The third-order valence-electron chi connectivity index (χ3n) is 3.51. The Balaban J connectivity index is 2.18. The van der Waals surface area contributed by atoms with E-state index in [4.69, 9.17) is 0 Å². The van der Waals surface area contributed by atoms with Gasteiger partial charge in [0.1, 0.15) is 0 Å². The van der Waals surface area contributed by atoms with Crippen LogP contribution in [0.25, 0.3) is 0 Å². The van der Waals surface area contributed by atoms with Gasteiger partial charge < -0.3 is 4.90 Å². The third-order valence-corrected chi connectivity index (χ3v) is 3.51. The predicted molar refractivity (Wildman–Crippen MR) is 73.1 cm³/mol. The van der Waals surface area contributed by atoms with Crippen molar-refractivity contribution in [1.82, 2.24) is 0 Å². The first-order valence-electron chi connectivity index (χ1n) is 6.24. The summed E-state index contributed by atoms with van der Waals surface area (Å²) >= 11 is 0. The van der Waals surface area contributed by atoms with Gasteiger partial charge in [0, 0.05) is 24.3 Å². The molecule has 2 aromatic rings. The molecule has 0 aromatic heterocycles. The lowest BCUT2D eigenvalue weighted by molar-refractivity contribution is 0.959. The minimum Gasteiger partial charge on any atom is -0.341 e. The van der Waals surface area contributed by atoms with Gasteiger partial charge in [0.25, 0.3) is 0 Å². The van der Waals surface area contributed by atoms with Crippen molar-refractivity contribution in [2.75, 3.05) is 11.4 Å². The summed E-state index contributed by atoms with van der Waals surface area (Å²) in [6.07, 6.45) is 1.06. The molecule has 0 unspecified atom stereocenters. The van der Waals surface area contributed by atoms with Gasteiger partial charge in [-0.1, -0.05) is 35.9 Å². The Morgan fingerprint density at radius 3 is 2.59 bits per heavy atom. The maximum absolute atomic E-state index is 2.41. The van der Waals surface area contributed by atoms with Crippen molar-refractivity contribution in [3.8, 4) is 0 Å². The Labute approximate surface area is 103 Å². The zero-order valence-electron chi connectivity index (χ0n) is 10.4. The molecule has 3 rings (SSSR count). The van der Waals surface area contributed by atoms with Crippen LogP contribution in [-0.4, -0.2) is 6.54 Å². The SMILES string of the molecule is CCN1c2ccccc2Cc2cc(C)ccc21. The lowest BCUT2D eigenvalue weighted by atomic mass is 9.94. The number of para-hydroxylation sites is 1. The molecule has 1 aliphatic rings. The number of rotatable bonds is 1. The molecule has 1 nitrogen and oxygen atoms in total. The first-order valence-corrected chi connectivity index (χ1v) is 6.24. The second kappa shape index (κ2) is 3.92. The summed E-state index contributed by atoms with van der Waals surface area (Å²) in [5, 5.41) is 0. The highest BCUT2D eigenvalue weighted by atomic mass is 15.1. The number of benzene rings is 2. The van der Waals surface area contributed by atoms with Crippen LogP contribution >= 0.6 is 0 Å². The van der Waals surface area contributed by atoms with E-state index in [1.165, 1.54) is 28.1 Å². The molecule has 1 aliphatic heterocycles. The van der Waals surface area contributed by atoms with Gasteiger partial charge in [-0.05, 0) is 37.1 Å². The van der Waals surface area contributed by atoms with E-state index in [1.54, 1.807) is 0 Å². The van der Waals surface area contributed by atoms with Crippen LogP contribution < -0.4 is 4.90 Å². The van der Waals surface area contributed by atoms with Gasteiger partial charge in [0.05, 0.1) is 0 Å². The van der Waals surface area contributed by atoms with Crippen LogP contribution in [0.3, 0.4) is 0 Å². The fraction of sp³-hybridized carbons (Fsp3) is 0.250. The number of fused-ring (bicyclic) bond motifs is 2. The van der Waals surface area contributed by atoms with Crippen LogP contribution in [0.1, 0.15) is 23.6 Å². The van der Waals surface area contributed by atoms with E-state index in [2.05, 4.69) is 61.2 Å². The van der Waals surface area contributed by atoms with Crippen LogP contribution in [0.5, 0.6) is 0 Å². The zero-order valence-corrected chi connectivity index (χ0v) is 10.4. The molecular weight excluding hydrogens is 206 g/mol. The maximum atomic E-state index is 2.41. The summed E-state index contributed by atoms with van der Waals surface area (Å²) in [4.78, 5) is 2.41. The van der Waals surface area contributed by atoms with Crippen LogP contribution in [-0.2, 0) is 6.42 Å². The number of hydrogen-bond acceptors (Lipinski definition) is 1. The molecule has 0 N–H and O–H groups in total. The molecule has 17 heavy (non-hydrogen) atoms. The summed E-state index contributed by atoms with van der Waals surface area (Å²) in [5.41, 5.74) is 6.97. The molecule has 0 aliphatic carbocycles. The highest BCUT2D eigenvalue weighted by molar-refractivity contribution is 5.74. The molecule has 0 fully saturated rings. The molecule has 0 radical (unpaired) electrons. The molecule has 0 atom stereocenters. The smallest absolute Gasteiger partial charge is 0.0446 e. The lowest BCUT2D eigenvalue weighted by Gasteiger charge is -2.32. The summed E-state index contributed by atoms with van der Waals surface area (Å²) in [7, 11) is 0. The summed E-state index contributed by atoms with van der Waals surface area (Å²) in [6, 6.07) is 15.5. The topological polar surface area (TPSA) is 3.24 Å². The van der Waals surface area contributed by atoms with Crippen LogP contribution in [0, 0.1) is 6.92 Å². The van der Waals surface area contributed by atoms with Crippen molar-refractivity contribution in [2.45, 2.75) is 20.3 Å². The van der Waals surface area contributed by atoms with Gasteiger partial charge in [-0.15, -0.1) is 0 Å². The fourth-order valence-electron chi connectivity index (χ4n) is 2.72. The van der Waals surface area contributed by atoms with Crippen LogP contribution in [0.15, 0.2) is 42.5 Å². The number of nitrogens with zero attached hydrogens (tertiary/aromatic N) is 1. The number of aryl methyl sites for hydroxylation is 1. The second-order valence-electron chi connectivity index (χ2n) is 4.68. The first-order chi connectivity index (χ1) is 8.29. The molecule has 0 spiro atoms. The van der Waals surface area contributed by atoms with E-state index in [0.717, 1.165) is 13.0 Å². The van der Waals surface area contributed by atoms with Crippen molar-refractivity contribution < 1.29 is 0 Å². The fourth-order valence-corrected chi connectivity index (χ4v) is 2.72. The quantitative estimate of drug-likeness (QED) is 0.704. The highest BCUT2D eigenvalue weighted by Crippen LogP contribution is 2.38. The molecule has 2 aromatic carbocycles. The lowest BCUT2D eigenvalue weighted by Crippen LogP contribution is -2.22. The van der Waals surface area contributed by atoms with Crippen molar-refractivity contribution in [2.24, 2.45) is 0 Å². The number of hydrogen-bond donors (Lipinski definition) is 0. The Morgan fingerprint density at radius 2 is 1.76 bits per heavy atom. The molecule has 86 valence electrons. The molecule has 0 saturated carbocycles. The van der Waals surface area contributed by atoms with Crippen molar-refractivity contribution >= 4 is 11.4 Å². The maximum Gasteiger partial charge on any atom is 0.0446 e. The van der Waals surface area contributed by atoms with Crippen molar-refractivity contribution in [3.63, 3.8) is 0 Å². The van der Waals surface area contributed by atoms with E-state index in [9.17, 15) is 0 Å². The van der Waals surface area contributed by atoms with Gasteiger partial charge in [-0.25, -0.2) is 0 Å². The van der Waals surface area contributed by atoms with Crippen molar-refractivity contribution in [1.29, 1.82) is 0 Å². The second-order valence-corrected chi connectivity index (χ2v) is 4.68. The van der Waals surface area contributed by atoms with Crippen LogP contribution in [0.2, 0.25) is 0 Å². The molecule has 0 bridgehead atoms. The van der Waals surface area contributed by atoms with Crippen LogP contribution in [0.4, 0.5) is 11.4 Å². The van der Waals surface area contributed by atoms with E-state index in [0.29, 0.717) is 0 Å². The van der Waals surface area contributed by atoms with E-state index in [1.807, 2.05) is 0 Å². The minimum absolute atomic E-state index is 1.02. The monoisotopic (exact) mass is 223 g/mol. The summed E-state index contributed by atoms with van der Waals surface area (Å²) < 4.78 is 0. The summed E-state index contributed by atoms with van der Waals surface area (Å²) in [5.74, 6) is 0. The predicted octanol–water partition coefficient (Wildman–Crippen LogP) is 4.06. The Morgan fingerprint density at radius 1 is 1.00 bits per heavy atom. The average Bonchev–Trinajstić information content (AvgIpc) is 2.35. The normalized spacial score (nSPS) is 13.2. The van der Waals surface area contributed by atoms with Gasteiger partial charge in [0.2, 0.25) is 0 Å². The van der Waals surface area contributed by atoms with Gasteiger partial charge >= 0.3 is 0 Å². The molecule has 1 heterocycles. The molecular formula is C16H17N. The van der Waals surface area contributed by atoms with Gasteiger partial charge in [-0.3, -0.25) is 0 Å². The number of anilines is 2. The Bertz CT molecular complexity index is 557. The zero-order chi connectivity index (χ0) is 11.8. The van der Waals surface area contributed by atoms with E-state index >= 15 is 0 Å². The van der Waals surface area contributed by atoms with E-state index < -0.39 is 0 Å². The summed E-state index contributed by atoms with van der Waals surface area (Å²) in [6.45, 7) is 5.40. The van der Waals surface area contributed by atoms with Crippen molar-refractivity contribution in [3.05, 3.63) is 59.2 Å². The molecule has 0 saturated heterocycles. The van der Waals surface area contributed by atoms with E-state index in [-0.39, 0.29) is 0 Å². The third kappa shape index (κ3) is 1.62. The highest BCUT2D eigenvalue weighted by Gasteiger charge is 2.20. The Kier molecular flexibility index (Phi) is 2.40. The average molecular weight is 223 g/mol. The molecule has 0 amide bonds. The minimum atomic E-state index is 1.02. The standard InChI is InChI=1S/C16H17N/c1-3-17-15-7-5-4-6-13(15)11-14-10-12(2)8-9-16(14)17/h4-10H,3,11H2,1-2H3. The van der Waals surface area contributed by atoms with Gasteiger partial charge in [-0.2, -0.15) is 0 Å². The van der Waals surface area contributed by atoms with Gasteiger partial charge in [0.15, 0.2) is 0 Å².